The first-order valence-electron chi connectivity index (χ1n) is 9.81. The van der Waals surface area contributed by atoms with E-state index in [1.54, 1.807) is 13.8 Å². The molecule has 1 atom stereocenters. The van der Waals surface area contributed by atoms with Gasteiger partial charge in [0.2, 0.25) is 0 Å². The maximum absolute atomic E-state index is 9.75. The topological polar surface area (TPSA) is 205 Å². The van der Waals surface area contributed by atoms with Gasteiger partial charge in [0.05, 0.1) is 28.5 Å². The fraction of sp³-hybridized carbons (Fsp3) is 0.217. The fourth-order valence-corrected chi connectivity index (χ4v) is 3.29. The predicted molar refractivity (Wildman–Crippen MR) is 121 cm³/mol. The number of hydrogen-bond acceptors (Lipinski definition) is 11. The molecule has 34 heavy (non-hydrogen) atoms. The number of nitriles is 6. The standard InChI is InChI=1S/C23H13N11/c1-4-11(2)13(5-24)14(6-25)30-19-12(3)20-22(32-16(8-27)15(7-26)31-20)23-21(19)33-17(9-28)18(10-29)34-23/h18,34H,4H2,1-3H3/b13-11+,30-14-. The maximum Gasteiger partial charge on any atom is 0.177 e. The van der Waals surface area contributed by atoms with Crippen LogP contribution in [0, 0.1) is 74.9 Å². The largest absolute Gasteiger partial charge is 0.361 e. The Kier molecular flexibility index (Phi) is 6.27. The van der Waals surface area contributed by atoms with Crippen LogP contribution in [0.4, 0.5) is 17.1 Å². The molecule has 11 heteroatoms. The highest BCUT2D eigenvalue weighted by Gasteiger charge is 2.30. The number of benzene rings is 1. The van der Waals surface area contributed by atoms with Crippen molar-refractivity contribution in [3.63, 3.8) is 0 Å². The summed E-state index contributed by atoms with van der Waals surface area (Å²) in [6, 6.07) is 10.3. The molecule has 0 saturated heterocycles. The van der Waals surface area contributed by atoms with Gasteiger partial charge in [-0.25, -0.2) is 20.0 Å². The van der Waals surface area contributed by atoms with Crippen LogP contribution in [0.1, 0.15) is 37.2 Å². The van der Waals surface area contributed by atoms with E-state index in [1.165, 1.54) is 0 Å². The normalized spacial score (nSPS) is 15.0. The highest BCUT2D eigenvalue weighted by Crippen LogP contribution is 2.46. The summed E-state index contributed by atoms with van der Waals surface area (Å²) in [6.07, 6.45) is 0.522. The quantitative estimate of drug-likeness (QED) is 0.543. The van der Waals surface area contributed by atoms with E-state index in [4.69, 9.17) is 0 Å². The van der Waals surface area contributed by atoms with Gasteiger partial charge < -0.3 is 5.32 Å². The smallest absolute Gasteiger partial charge is 0.177 e. The van der Waals surface area contributed by atoms with Crippen LogP contribution < -0.4 is 5.32 Å². The van der Waals surface area contributed by atoms with Gasteiger partial charge in [0, 0.05) is 5.56 Å². The van der Waals surface area contributed by atoms with Crippen LogP contribution in [0.3, 0.4) is 0 Å². The second-order valence-corrected chi connectivity index (χ2v) is 7.05. The summed E-state index contributed by atoms with van der Waals surface area (Å²) in [5.74, 6) is 0. The van der Waals surface area contributed by atoms with Crippen LogP contribution in [-0.2, 0) is 0 Å². The SMILES string of the molecule is CC/C(C)=C(C#N)/C(C#N)=N\c1c2c(c3nc(C#N)c(C#N)nc3c1C)NC(C#N)C(C#N)=N2. The first kappa shape index (κ1) is 23.1. The van der Waals surface area contributed by atoms with Crippen LogP contribution in [0.15, 0.2) is 21.1 Å². The highest BCUT2D eigenvalue weighted by molar-refractivity contribution is 6.18. The zero-order valence-electron chi connectivity index (χ0n) is 18.3. The molecule has 0 radical (unpaired) electrons. The van der Waals surface area contributed by atoms with Gasteiger partial charge in [0.15, 0.2) is 28.9 Å². The molecule has 0 fully saturated rings. The third kappa shape index (κ3) is 3.63. The predicted octanol–water partition coefficient (Wildman–Crippen LogP) is 3.44. The molecule has 1 N–H and O–H groups in total. The Labute approximate surface area is 194 Å². The van der Waals surface area contributed by atoms with Gasteiger partial charge in [-0.3, -0.25) is 0 Å². The lowest BCUT2D eigenvalue weighted by Crippen LogP contribution is -2.29. The fourth-order valence-electron chi connectivity index (χ4n) is 3.29. The minimum atomic E-state index is -1.10. The van der Waals surface area contributed by atoms with E-state index in [1.807, 2.05) is 43.3 Å². The molecule has 3 rings (SSSR count). The van der Waals surface area contributed by atoms with E-state index in [9.17, 15) is 31.6 Å². The molecule has 160 valence electrons. The van der Waals surface area contributed by atoms with Gasteiger partial charge >= 0.3 is 0 Å². The Hall–Kier alpha value is -5.62. The molecule has 0 amide bonds. The average molecular weight is 443 g/mol. The number of fused-ring (bicyclic) bond motifs is 3. The van der Waals surface area contributed by atoms with Crippen molar-refractivity contribution >= 4 is 39.5 Å². The van der Waals surface area contributed by atoms with Crippen molar-refractivity contribution in [3.8, 4) is 36.4 Å². The van der Waals surface area contributed by atoms with Crippen LogP contribution in [0.25, 0.3) is 11.0 Å². The second kappa shape index (κ2) is 9.25. The van der Waals surface area contributed by atoms with E-state index in [0.29, 0.717) is 17.6 Å². The summed E-state index contributed by atoms with van der Waals surface area (Å²) in [5.41, 5.74) is 1.15. The Balaban J connectivity index is 2.56. The van der Waals surface area contributed by atoms with Gasteiger partial charge in [0.25, 0.3) is 0 Å². The summed E-state index contributed by atoms with van der Waals surface area (Å²) in [5, 5.41) is 60.0. The van der Waals surface area contributed by atoms with Crippen molar-refractivity contribution in [3.05, 3.63) is 28.1 Å². The summed E-state index contributed by atoms with van der Waals surface area (Å²) in [6.45, 7) is 5.16. The van der Waals surface area contributed by atoms with E-state index in [2.05, 4.69) is 25.3 Å². The molecule has 0 spiro atoms. The van der Waals surface area contributed by atoms with E-state index >= 15 is 0 Å². The third-order valence-electron chi connectivity index (χ3n) is 5.19. The van der Waals surface area contributed by atoms with Gasteiger partial charge in [-0.2, -0.15) is 31.6 Å². The van der Waals surface area contributed by atoms with Gasteiger partial charge in [-0.1, -0.05) is 12.5 Å². The number of nitrogens with zero attached hydrogens (tertiary/aromatic N) is 10. The number of allylic oxidation sites excluding steroid dienone is 2. The monoisotopic (exact) mass is 443 g/mol. The summed E-state index contributed by atoms with van der Waals surface area (Å²) >= 11 is 0. The highest BCUT2D eigenvalue weighted by atomic mass is 15.1. The molecule has 2 aromatic rings. The molecule has 0 saturated carbocycles. The molecule has 0 bridgehead atoms. The zero-order valence-corrected chi connectivity index (χ0v) is 18.3. The van der Waals surface area contributed by atoms with Crippen molar-refractivity contribution in [2.24, 2.45) is 9.98 Å². The second-order valence-electron chi connectivity index (χ2n) is 7.05. The molecule has 11 nitrogen and oxygen atoms in total. The lowest BCUT2D eigenvalue weighted by atomic mass is 10.0. The first-order valence-corrected chi connectivity index (χ1v) is 9.81. The minimum absolute atomic E-state index is 0.102. The number of rotatable bonds is 3. The molecular formula is C23H13N11. The lowest BCUT2D eigenvalue weighted by molar-refractivity contribution is 1.09. The van der Waals surface area contributed by atoms with E-state index in [-0.39, 0.29) is 56.5 Å². The number of anilines is 1. The maximum atomic E-state index is 9.75. The van der Waals surface area contributed by atoms with Crippen molar-refractivity contribution in [2.45, 2.75) is 33.2 Å². The molecule has 1 aliphatic rings. The number of aryl methyl sites for hydroxylation is 1. The van der Waals surface area contributed by atoms with Crippen LogP contribution in [0.2, 0.25) is 0 Å². The average Bonchev–Trinajstić information content (AvgIpc) is 2.88. The Morgan fingerprint density at radius 3 is 2.12 bits per heavy atom. The summed E-state index contributed by atoms with van der Waals surface area (Å²) in [4.78, 5) is 17.2. The van der Waals surface area contributed by atoms with Crippen molar-refractivity contribution in [1.29, 1.82) is 31.6 Å². The van der Waals surface area contributed by atoms with Gasteiger partial charge in [0.1, 0.15) is 41.6 Å². The molecule has 1 unspecified atom stereocenters. The molecule has 1 aromatic carbocycles. The van der Waals surface area contributed by atoms with Gasteiger partial charge in [-0.15, -0.1) is 0 Å². The minimum Gasteiger partial charge on any atom is -0.361 e. The van der Waals surface area contributed by atoms with Crippen molar-refractivity contribution in [2.75, 3.05) is 5.32 Å². The van der Waals surface area contributed by atoms with E-state index in [0.717, 1.165) is 0 Å². The summed E-state index contributed by atoms with van der Waals surface area (Å²) in [7, 11) is 0. The first-order chi connectivity index (χ1) is 16.4. The zero-order chi connectivity index (χ0) is 25.0. The number of aromatic nitrogens is 2. The Morgan fingerprint density at radius 2 is 1.62 bits per heavy atom. The third-order valence-corrected chi connectivity index (χ3v) is 5.19. The molecule has 2 heterocycles. The lowest BCUT2D eigenvalue weighted by Gasteiger charge is -2.23. The van der Waals surface area contributed by atoms with Gasteiger partial charge in [-0.05, 0) is 20.3 Å². The van der Waals surface area contributed by atoms with Crippen molar-refractivity contribution < 1.29 is 0 Å². The number of aliphatic imine (C=N–C) groups is 2. The van der Waals surface area contributed by atoms with Crippen LogP contribution in [0.5, 0.6) is 0 Å². The Bertz CT molecular complexity index is 1600. The molecular weight excluding hydrogens is 430 g/mol. The molecule has 1 aliphatic heterocycles. The summed E-state index contributed by atoms with van der Waals surface area (Å²) < 4.78 is 0. The van der Waals surface area contributed by atoms with Crippen LogP contribution >= 0.6 is 0 Å². The van der Waals surface area contributed by atoms with E-state index < -0.39 is 6.04 Å². The van der Waals surface area contributed by atoms with Crippen LogP contribution in [-0.4, -0.2) is 27.4 Å². The number of nitrogens with one attached hydrogen (secondary N) is 1. The molecule has 1 aromatic heterocycles. The molecule has 0 aliphatic carbocycles. The number of hydrogen-bond donors (Lipinski definition) is 1. The Morgan fingerprint density at radius 1 is 0.971 bits per heavy atom. The van der Waals surface area contributed by atoms with Crippen molar-refractivity contribution in [1.82, 2.24) is 9.97 Å².